The molecule has 0 spiro atoms. The summed E-state index contributed by atoms with van der Waals surface area (Å²) in [6.45, 7) is 0.552. The van der Waals surface area contributed by atoms with Crippen LogP contribution in [0, 0.1) is 11.7 Å². The monoisotopic (exact) mass is 487 g/mol. The first-order valence-corrected chi connectivity index (χ1v) is 10.9. The zero-order valence-corrected chi connectivity index (χ0v) is 18.9. The number of rotatable bonds is 7. The summed E-state index contributed by atoms with van der Waals surface area (Å²) in [5.41, 5.74) is 7.50. The standard InChI is InChI=1S/C24H20Cl2FN3O3/c25-17-3-1-15(2-4-17)14-33-22-10-7-19(12-21(22)26)28-29-24(32)16-11-23(31)30(13-16)20-8-5-18(27)6-9-20/h1-10,12,16,28H,11,13-14H2,(H,29,32)/t16-/m1/s1. The van der Waals surface area contributed by atoms with Gasteiger partial charge < -0.3 is 9.64 Å². The third-order valence-electron chi connectivity index (χ3n) is 5.20. The average molecular weight is 488 g/mol. The Hall–Kier alpha value is -3.29. The lowest BCUT2D eigenvalue weighted by Gasteiger charge is -2.17. The van der Waals surface area contributed by atoms with Crippen LogP contribution < -0.4 is 20.5 Å². The molecule has 3 aromatic carbocycles. The normalized spacial score (nSPS) is 15.4. The number of nitrogens with zero attached hydrogens (tertiary/aromatic N) is 1. The van der Waals surface area contributed by atoms with Crippen LogP contribution in [0.4, 0.5) is 15.8 Å². The summed E-state index contributed by atoms with van der Waals surface area (Å²) < 4.78 is 18.9. The molecule has 1 fully saturated rings. The smallest absolute Gasteiger partial charge is 0.243 e. The van der Waals surface area contributed by atoms with Gasteiger partial charge in [0, 0.05) is 23.7 Å². The molecule has 6 nitrogen and oxygen atoms in total. The van der Waals surface area contributed by atoms with Crippen LogP contribution in [-0.2, 0) is 16.2 Å². The van der Waals surface area contributed by atoms with Crippen molar-refractivity contribution >= 4 is 46.4 Å². The van der Waals surface area contributed by atoms with E-state index in [2.05, 4.69) is 10.9 Å². The molecular weight excluding hydrogens is 468 g/mol. The van der Waals surface area contributed by atoms with E-state index in [0.717, 1.165) is 5.56 Å². The molecule has 0 bridgehead atoms. The summed E-state index contributed by atoms with van der Waals surface area (Å²) in [6, 6.07) is 17.9. The number of hydrazine groups is 1. The Morgan fingerprint density at radius 2 is 1.79 bits per heavy atom. The number of anilines is 2. The molecule has 0 aliphatic carbocycles. The highest BCUT2D eigenvalue weighted by Gasteiger charge is 2.35. The third-order valence-corrected chi connectivity index (χ3v) is 5.75. The van der Waals surface area contributed by atoms with Gasteiger partial charge >= 0.3 is 0 Å². The number of carbonyl (C=O) groups excluding carboxylic acids is 2. The van der Waals surface area contributed by atoms with Gasteiger partial charge in [-0.25, -0.2) is 4.39 Å². The Morgan fingerprint density at radius 1 is 1.06 bits per heavy atom. The Kier molecular flexibility index (Phi) is 7.01. The summed E-state index contributed by atoms with van der Waals surface area (Å²) in [6.07, 6.45) is 0.0725. The van der Waals surface area contributed by atoms with E-state index in [1.807, 2.05) is 12.1 Å². The van der Waals surface area contributed by atoms with Crippen LogP contribution in [0.25, 0.3) is 0 Å². The first kappa shape index (κ1) is 22.9. The molecule has 3 aromatic rings. The van der Waals surface area contributed by atoms with Crippen LogP contribution in [0.15, 0.2) is 66.7 Å². The summed E-state index contributed by atoms with van der Waals surface area (Å²) >= 11 is 12.2. The van der Waals surface area contributed by atoms with Gasteiger partial charge in [0.25, 0.3) is 0 Å². The van der Waals surface area contributed by atoms with Crippen molar-refractivity contribution in [1.29, 1.82) is 0 Å². The van der Waals surface area contributed by atoms with E-state index in [-0.39, 0.29) is 30.6 Å². The molecule has 2 N–H and O–H groups in total. The van der Waals surface area contributed by atoms with Crippen molar-refractivity contribution < 1.29 is 18.7 Å². The van der Waals surface area contributed by atoms with Crippen molar-refractivity contribution in [2.24, 2.45) is 5.92 Å². The zero-order valence-electron chi connectivity index (χ0n) is 17.4. The number of halogens is 3. The van der Waals surface area contributed by atoms with Gasteiger partial charge in [0.2, 0.25) is 11.8 Å². The highest BCUT2D eigenvalue weighted by Crippen LogP contribution is 2.29. The van der Waals surface area contributed by atoms with Crippen LogP contribution in [-0.4, -0.2) is 18.4 Å². The fourth-order valence-electron chi connectivity index (χ4n) is 3.43. The molecule has 1 aliphatic rings. The maximum absolute atomic E-state index is 13.1. The van der Waals surface area contributed by atoms with E-state index in [1.54, 1.807) is 30.3 Å². The Morgan fingerprint density at radius 3 is 2.48 bits per heavy atom. The Balaban J connectivity index is 1.30. The number of ether oxygens (including phenoxy) is 1. The molecule has 0 saturated carbocycles. The molecule has 1 saturated heterocycles. The molecule has 0 unspecified atom stereocenters. The molecule has 0 radical (unpaired) electrons. The molecular formula is C24H20Cl2FN3O3. The average Bonchev–Trinajstić information content (AvgIpc) is 3.20. The second-order valence-corrected chi connectivity index (χ2v) is 8.40. The molecule has 170 valence electrons. The van der Waals surface area contributed by atoms with Crippen LogP contribution in [0.2, 0.25) is 10.0 Å². The van der Waals surface area contributed by atoms with E-state index in [9.17, 15) is 14.0 Å². The van der Waals surface area contributed by atoms with Crippen molar-refractivity contribution in [3.05, 3.63) is 88.2 Å². The number of hydrogen-bond acceptors (Lipinski definition) is 4. The number of benzene rings is 3. The van der Waals surface area contributed by atoms with Gasteiger partial charge in [-0.3, -0.25) is 20.4 Å². The van der Waals surface area contributed by atoms with E-state index in [0.29, 0.717) is 33.8 Å². The third kappa shape index (κ3) is 5.74. The fourth-order valence-corrected chi connectivity index (χ4v) is 3.79. The predicted octanol–water partition coefficient (Wildman–Crippen LogP) is 5.21. The van der Waals surface area contributed by atoms with Crippen molar-refractivity contribution in [1.82, 2.24) is 5.43 Å². The van der Waals surface area contributed by atoms with E-state index in [1.165, 1.54) is 29.2 Å². The van der Waals surface area contributed by atoms with E-state index >= 15 is 0 Å². The van der Waals surface area contributed by atoms with Gasteiger partial charge in [-0.2, -0.15) is 0 Å². The number of amides is 2. The summed E-state index contributed by atoms with van der Waals surface area (Å²) in [5.74, 6) is -0.935. The predicted molar refractivity (Wildman–Crippen MR) is 126 cm³/mol. The first-order chi connectivity index (χ1) is 15.9. The molecule has 2 amide bonds. The second kappa shape index (κ2) is 10.1. The van der Waals surface area contributed by atoms with Gasteiger partial charge in [-0.05, 0) is 60.2 Å². The maximum Gasteiger partial charge on any atom is 0.243 e. The van der Waals surface area contributed by atoms with Crippen molar-refractivity contribution in [2.75, 3.05) is 16.9 Å². The van der Waals surface area contributed by atoms with Crippen molar-refractivity contribution in [3.63, 3.8) is 0 Å². The lowest BCUT2D eigenvalue weighted by Crippen LogP contribution is -2.36. The van der Waals surface area contributed by atoms with Gasteiger partial charge in [-0.1, -0.05) is 35.3 Å². The van der Waals surface area contributed by atoms with E-state index in [4.69, 9.17) is 27.9 Å². The number of hydrogen-bond donors (Lipinski definition) is 2. The number of nitrogens with one attached hydrogen (secondary N) is 2. The molecule has 1 aliphatic heterocycles. The summed E-state index contributed by atoms with van der Waals surface area (Å²) in [7, 11) is 0. The lowest BCUT2D eigenvalue weighted by atomic mass is 10.1. The molecule has 4 rings (SSSR count). The molecule has 33 heavy (non-hydrogen) atoms. The van der Waals surface area contributed by atoms with Crippen LogP contribution in [0.5, 0.6) is 5.75 Å². The number of carbonyl (C=O) groups is 2. The quantitative estimate of drug-likeness (QED) is 0.449. The maximum atomic E-state index is 13.1. The fraction of sp³-hybridized carbons (Fsp3) is 0.167. The lowest BCUT2D eigenvalue weighted by molar-refractivity contribution is -0.125. The van der Waals surface area contributed by atoms with Gasteiger partial charge in [0.05, 0.1) is 16.6 Å². The van der Waals surface area contributed by atoms with E-state index < -0.39 is 5.92 Å². The van der Waals surface area contributed by atoms with Gasteiger partial charge in [0.1, 0.15) is 18.2 Å². The molecule has 9 heteroatoms. The largest absolute Gasteiger partial charge is 0.487 e. The van der Waals surface area contributed by atoms with Crippen LogP contribution in [0.3, 0.4) is 0 Å². The first-order valence-electron chi connectivity index (χ1n) is 10.2. The topological polar surface area (TPSA) is 70.7 Å². The molecule has 0 aromatic heterocycles. The van der Waals surface area contributed by atoms with Gasteiger partial charge in [0.15, 0.2) is 0 Å². The van der Waals surface area contributed by atoms with Crippen LogP contribution >= 0.6 is 23.2 Å². The SMILES string of the molecule is O=C(NNc1ccc(OCc2ccc(Cl)cc2)c(Cl)c1)[C@@H]1CC(=O)N(c2ccc(F)cc2)C1. The highest BCUT2D eigenvalue weighted by atomic mass is 35.5. The second-order valence-electron chi connectivity index (χ2n) is 7.56. The minimum absolute atomic E-state index is 0.0725. The van der Waals surface area contributed by atoms with Crippen molar-refractivity contribution in [2.45, 2.75) is 13.0 Å². The Bertz CT molecular complexity index is 1160. The summed E-state index contributed by atoms with van der Waals surface area (Å²) in [4.78, 5) is 26.3. The van der Waals surface area contributed by atoms with Gasteiger partial charge in [-0.15, -0.1) is 0 Å². The van der Waals surface area contributed by atoms with Crippen molar-refractivity contribution in [3.8, 4) is 5.75 Å². The zero-order chi connectivity index (χ0) is 23.4. The van der Waals surface area contributed by atoms with Crippen LogP contribution in [0.1, 0.15) is 12.0 Å². The highest BCUT2D eigenvalue weighted by molar-refractivity contribution is 6.32. The Labute approximate surface area is 200 Å². The molecule has 1 atom stereocenters. The summed E-state index contributed by atoms with van der Waals surface area (Å²) in [5, 5.41) is 1.03. The minimum Gasteiger partial charge on any atom is -0.487 e. The molecule has 1 heterocycles. The minimum atomic E-state index is -0.535.